The molecule has 0 heterocycles. The number of nitrogens with one attached hydrogen (secondary N) is 3. The number of aliphatic carboxylic acids is 3. The van der Waals surface area contributed by atoms with Crippen LogP contribution in [-0.4, -0.2) is 182 Å². The highest BCUT2D eigenvalue weighted by molar-refractivity contribution is 5.84. The van der Waals surface area contributed by atoms with Crippen molar-refractivity contribution in [2.75, 3.05) is 119 Å². The van der Waals surface area contributed by atoms with Crippen molar-refractivity contribution in [2.24, 2.45) is 5.73 Å². The molecule has 0 bridgehead atoms. The molecule has 0 aliphatic rings. The molecule has 0 aromatic carbocycles. The van der Waals surface area contributed by atoms with Crippen molar-refractivity contribution in [3.63, 3.8) is 0 Å². The van der Waals surface area contributed by atoms with Gasteiger partial charge in [0.1, 0.15) is 12.1 Å². The van der Waals surface area contributed by atoms with Crippen LogP contribution in [0.2, 0.25) is 0 Å². The minimum atomic E-state index is -1.17. The van der Waals surface area contributed by atoms with E-state index in [1.165, 1.54) is 44.9 Å². The van der Waals surface area contributed by atoms with E-state index in [9.17, 15) is 39.0 Å². The van der Waals surface area contributed by atoms with Gasteiger partial charge in [-0.15, -0.1) is 0 Å². The summed E-state index contributed by atoms with van der Waals surface area (Å²) in [6, 6.07) is -2.04. The Morgan fingerprint density at radius 3 is 1.06 bits per heavy atom. The molecule has 21 nitrogen and oxygen atoms in total. The standard InChI is InChI=1S/C48H90N4O17/c49-23-16-15-17-41(47(58)59)51-45(55)22-25-62-27-29-64-31-33-66-35-37-68-39-40-69-38-36-67-34-32-65-30-28-63-26-24-50-43(53)21-20-42(48(60)61)52-44(54)18-13-11-9-7-5-3-1-2-4-6-8-10-12-14-19-46(56)57/h41-42H,1-40,49H2,(H,50,53)(H,51,55)(H,52,54)(H,56,57)(H,58,59)(H,60,61)/t41-,42-/m0/s1. The summed E-state index contributed by atoms with van der Waals surface area (Å²) < 4.78 is 43.6. The first kappa shape index (κ1) is 65.5. The predicted molar refractivity (Wildman–Crippen MR) is 257 cm³/mol. The summed E-state index contributed by atoms with van der Waals surface area (Å²) in [5.74, 6) is -3.95. The average molecular weight is 995 g/mol. The fourth-order valence-electron chi connectivity index (χ4n) is 6.66. The summed E-state index contributed by atoms with van der Waals surface area (Å²) in [4.78, 5) is 70.0. The fourth-order valence-corrected chi connectivity index (χ4v) is 6.66. The van der Waals surface area contributed by atoms with Gasteiger partial charge in [-0.1, -0.05) is 77.0 Å². The van der Waals surface area contributed by atoms with E-state index in [-0.39, 0.29) is 69.6 Å². The van der Waals surface area contributed by atoms with Gasteiger partial charge in [0.15, 0.2) is 0 Å². The molecule has 0 fully saturated rings. The lowest BCUT2D eigenvalue weighted by molar-refractivity contribution is -0.142. The number of ether oxygens (including phenoxy) is 8. The van der Waals surface area contributed by atoms with Gasteiger partial charge in [0.05, 0.1) is 106 Å². The van der Waals surface area contributed by atoms with Crippen molar-refractivity contribution in [3.05, 3.63) is 0 Å². The molecule has 8 N–H and O–H groups in total. The second-order valence-electron chi connectivity index (χ2n) is 16.6. The number of nitrogens with two attached hydrogens (primary N) is 1. The van der Waals surface area contributed by atoms with Crippen LogP contribution in [0.1, 0.15) is 141 Å². The van der Waals surface area contributed by atoms with Gasteiger partial charge in [-0.3, -0.25) is 19.2 Å². The third kappa shape index (κ3) is 49.2. The van der Waals surface area contributed by atoms with E-state index in [4.69, 9.17) is 48.7 Å². The number of amides is 3. The summed E-state index contributed by atoms with van der Waals surface area (Å²) >= 11 is 0. The van der Waals surface area contributed by atoms with Gasteiger partial charge in [0.25, 0.3) is 0 Å². The highest BCUT2D eigenvalue weighted by atomic mass is 16.6. The number of carbonyl (C=O) groups is 6. The molecule has 0 unspecified atom stereocenters. The van der Waals surface area contributed by atoms with Gasteiger partial charge in [-0.2, -0.15) is 0 Å². The molecular weight excluding hydrogens is 905 g/mol. The first-order valence-corrected chi connectivity index (χ1v) is 25.4. The van der Waals surface area contributed by atoms with Crippen molar-refractivity contribution >= 4 is 35.6 Å². The van der Waals surface area contributed by atoms with Gasteiger partial charge >= 0.3 is 17.9 Å². The van der Waals surface area contributed by atoms with Crippen molar-refractivity contribution in [1.82, 2.24) is 16.0 Å². The Labute approximate surface area is 410 Å². The maximum Gasteiger partial charge on any atom is 0.326 e. The number of unbranched alkanes of at least 4 members (excludes halogenated alkanes) is 14. The van der Waals surface area contributed by atoms with E-state index in [0.717, 1.165) is 38.5 Å². The minimum absolute atomic E-state index is 0.00148. The Kier molecular flexibility index (Phi) is 48.2. The summed E-state index contributed by atoms with van der Waals surface area (Å²) in [7, 11) is 0. The molecule has 21 heteroatoms. The van der Waals surface area contributed by atoms with Crippen LogP contribution in [0.25, 0.3) is 0 Å². The fraction of sp³-hybridized carbons (Fsp3) is 0.875. The molecule has 0 saturated heterocycles. The van der Waals surface area contributed by atoms with Crippen LogP contribution < -0.4 is 21.7 Å². The molecule has 0 aromatic rings. The zero-order valence-electron chi connectivity index (χ0n) is 41.6. The summed E-state index contributed by atoms with van der Waals surface area (Å²) in [5.41, 5.74) is 5.43. The SMILES string of the molecule is NCCCC[C@H](NC(=O)CCOCCOCCOCCOCCOCCOCCOCCOCCNC(=O)CC[C@H](NC(=O)CCCCCCCCCCCCCCCCC(=O)O)C(=O)O)C(=O)O. The first-order chi connectivity index (χ1) is 33.6. The molecule has 69 heavy (non-hydrogen) atoms. The number of carboxylic acid groups (broad SMARTS) is 3. The molecule has 0 aromatic heterocycles. The quantitative estimate of drug-likeness (QED) is 0.0424. The van der Waals surface area contributed by atoms with E-state index < -0.39 is 30.0 Å². The molecule has 0 aliphatic heterocycles. The van der Waals surface area contributed by atoms with Crippen molar-refractivity contribution in [3.8, 4) is 0 Å². The second kappa shape index (κ2) is 50.8. The van der Waals surface area contributed by atoms with Gasteiger partial charge in [0, 0.05) is 32.2 Å². The Morgan fingerprint density at radius 1 is 0.348 bits per heavy atom. The zero-order chi connectivity index (χ0) is 50.7. The predicted octanol–water partition coefficient (Wildman–Crippen LogP) is 4.00. The van der Waals surface area contributed by atoms with E-state index >= 15 is 0 Å². The molecular formula is C48H90N4O17. The average Bonchev–Trinajstić information content (AvgIpc) is 3.31. The number of hydrogen-bond acceptors (Lipinski definition) is 15. The Morgan fingerprint density at radius 2 is 0.681 bits per heavy atom. The minimum Gasteiger partial charge on any atom is -0.481 e. The second-order valence-corrected chi connectivity index (χ2v) is 16.6. The summed E-state index contributed by atoms with van der Waals surface area (Å²) in [5, 5.41) is 35.2. The number of hydrogen-bond donors (Lipinski definition) is 7. The number of carbonyl (C=O) groups excluding carboxylic acids is 3. The van der Waals surface area contributed by atoms with Crippen molar-refractivity contribution in [1.29, 1.82) is 0 Å². The van der Waals surface area contributed by atoms with Gasteiger partial charge < -0.3 is 74.9 Å². The summed E-state index contributed by atoms with van der Waals surface area (Å²) in [6.45, 7) is 6.61. The number of rotatable bonds is 55. The normalized spacial score (nSPS) is 12.1. The lowest BCUT2D eigenvalue weighted by atomic mass is 10.0. The Bertz CT molecular complexity index is 1270. The Hall–Kier alpha value is -3.54. The van der Waals surface area contributed by atoms with E-state index in [1.807, 2.05) is 0 Å². The molecule has 404 valence electrons. The van der Waals surface area contributed by atoms with Gasteiger partial charge in [-0.05, 0) is 45.1 Å². The lowest BCUT2D eigenvalue weighted by Gasteiger charge is -2.14. The molecule has 0 spiro atoms. The van der Waals surface area contributed by atoms with Gasteiger partial charge in [0.2, 0.25) is 17.7 Å². The molecule has 2 atom stereocenters. The Balaban J connectivity index is 3.50. The smallest absolute Gasteiger partial charge is 0.326 e. The zero-order valence-corrected chi connectivity index (χ0v) is 41.6. The monoisotopic (exact) mass is 995 g/mol. The van der Waals surface area contributed by atoms with E-state index in [0.29, 0.717) is 125 Å². The highest BCUT2D eigenvalue weighted by Gasteiger charge is 2.21. The third-order valence-corrected chi connectivity index (χ3v) is 10.6. The largest absolute Gasteiger partial charge is 0.481 e. The van der Waals surface area contributed by atoms with Crippen LogP contribution in [-0.2, 0) is 66.7 Å². The van der Waals surface area contributed by atoms with Crippen LogP contribution in [0, 0.1) is 0 Å². The van der Waals surface area contributed by atoms with E-state index in [2.05, 4.69) is 16.0 Å². The van der Waals surface area contributed by atoms with E-state index in [1.54, 1.807) is 0 Å². The van der Waals surface area contributed by atoms with Crippen LogP contribution >= 0.6 is 0 Å². The first-order valence-electron chi connectivity index (χ1n) is 25.4. The molecule has 0 saturated carbocycles. The molecule has 0 rings (SSSR count). The molecule has 0 radical (unpaired) electrons. The number of carboxylic acids is 3. The summed E-state index contributed by atoms with van der Waals surface area (Å²) in [6.07, 6.45) is 17.4. The molecule has 3 amide bonds. The van der Waals surface area contributed by atoms with Crippen LogP contribution in [0.3, 0.4) is 0 Å². The van der Waals surface area contributed by atoms with Crippen LogP contribution in [0.5, 0.6) is 0 Å². The maximum absolute atomic E-state index is 12.3. The highest BCUT2D eigenvalue weighted by Crippen LogP contribution is 2.14. The van der Waals surface area contributed by atoms with Crippen molar-refractivity contribution < 1.29 is 82.0 Å². The van der Waals surface area contributed by atoms with Crippen LogP contribution in [0.4, 0.5) is 0 Å². The third-order valence-electron chi connectivity index (χ3n) is 10.6. The maximum atomic E-state index is 12.3. The topological polar surface area (TPSA) is 299 Å². The van der Waals surface area contributed by atoms with Crippen molar-refractivity contribution in [2.45, 2.75) is 153 Å². The lowest BCUT2D eigenvalue weighted by Crippen LogP contribution is -2.41. The van der Waals surface area contributed by atoms with Gasteiger partial charge in [-0.25, -0.2) is 9.59 Å². The van der Waals surface area contributed by atoms with Crippen LogP contribution in [0.15, 0.2) is 0 Å². The molecule has 0 aliphatic carbocycles.